The van der Waals surface area contributed by atoms with Crippen LogP contribution in [-0.2, 0) is 24.1 Å². The number of hydrogen-bond acceptors (Lipinski definition) is 4. The Labute approximate surface area is 131 Å². The molecule has 0 spiro atoms. The lowest BCUT2D eigenvalue weighted by atomic mass is 10.0. The lowest BCUT2D eigenvalue weighted by Crippen LogP contribution is -2.27. The first kappa shape index (κ1) is 14.0. The summed E-state index contributed by atoms with van der Waals surface area (Å²) in [6, 6.07) is 3.74. The molecule has 0 aromatic carbocycles. The molecule has 0 radical (unpaired) electrons. The van der Waals surface area contributed by atoms with Gasteiger partial charge in [0.25, 0.3) is 0 Å². The van der Waals surface area contributed by atoms with E-state index in [4.69, 9.17) is 11.6 Å². The highest BCUT2D eigenvalue weighted by molar-refractivity contribution is 7.16. The number of likely N-dealkylation sites (N-methyl/N-ethyl adjacent to an activating group) is 1. The van der Waals surface area contributed by atoms with E-state index in [9.17, 15) is 4.79 Å². The number of aryl methyl sites for hydroxylation is 2. The molecule has 0 aliphatic heterocycles. The van der Waals surface area contributed by atoms with Crippen LogP contribution in [0, 0.1) is 0 Å². The van der Waals surface area contributed by atoms with Crippen LogP contribution >= 0.6 is 34.3 Å². The first-order valence-electron chi connectivity index (χ1n) is 6.63. The smallest absolute Gasteiger partial charge is 0.233 e. The van der Waals surface area contributed by atoms with E-state index >= 15 is 0 Å². The van der Waals surface area contributed by atoms with Crippen LogP contribution in [0.1, 0.15) is 28.3 Å². The van der Waals surface area contributed by atoms with Crippen LogP contribution in [0.15, 0.2) is 12.1 Å². The second-order valence-electron chi connectivity index (χ2n) is 4.91. The van der Waals surface area contributed by atoms with E-state index < -0.39 is 0 Å². The Morgan fingerprint density at radius 2 is 2.15 bits per heavy atom. The fraction of sp³-hybridized carbons (Fsp3) is 0.429. The van der Waals surface area contributed by atoms with E-state index in [1.807, 2.05) is 19.2 Å². The zero-order valence-electron chi connectivity index (χ0n) is 11.2. The van der Waals surface area contributed by atoms with Gasteiger partial charge in [-0.2, -0.15) is 0 Å². The topological polar surface area (TPSA) is 33.2 Å². The summed E-state index contributed by atoms with van der Waals surface area (Å²) >= 11 is 9.01. The number of aromatic nitrogens is 1. The molecule has 2 aromatic heterocycles. The van der Waals surface area contributed by atoms with E-state index in [0.717, 1.165) is 27.2 Å². The first-order chi connectivity index (χ1) is 9.63. The number of carbonyl (C=O) groups is 1. The third-order valence-corrected chi connectivity index (χ3v) is 5.91. The zero-order valence-corrected chi connectivity index (χ0v) is 13.6. The molecule has 0 saturated carbocycles. The van der Waals surface area contributed by atoms with Gasteiger partial charge in [0.15, 0.2) is 5.13 Å². The molecule has 1 aliphatic carbocycles. The molecule has 1 amide bonds. The molecule has 2 aromatic rings. The number of thiazole rings is 1. The minimum absolute atomic E-state index is 0.0645. The summed E-state index contributed by atoms with van der Waals surface area (Å²) in [6.07, 6.45) is 4.99. The van der Waals surface area contributed by atoms with E-state index in [0.29, 0.717) is 6.42 Å². The summed E-state index contributed by atoms with van der Waals surface area (Å²) in [6.45, 7) is 0. The van der Waals surface area contributed by atoms with Crippen LogP contribution < -0.4 is 4.90 Å². The van der Waals surface area contributed by atoms with Gasteiger partial charge in [-0.3, -0.25) is 9.69 Å². The molecule has 6 heteroatoms. The van der Waals surface area contributed by atoms with Gasteiger partial charge in [0.1, 0.15) is 0 Å². The Kier molecular flexibility index (Phi) is 4.10. The molecule has 3 rings (SSSR count). The third-order valence-electron chi connectivity index (χ3n) is 3.45. The molecule has 20 heavy (non-hydrogen) atoms. The van der Waals surface area contributed by atoms with Crippen molar-refractivity contribution in [3.63, 3.8) is 0 Å². The van der Waals surface area contributed by atoms with E-state index in [1.54, 1.807) is 16.2 Å². The van der Waals surface area contributed by atoms with Gasteiger partial charge in [-0.15, -0.1) is 22.7 Å². The molecular weight excluding hydrogens is 312 g/mol. The van der Waals surface area contributed by atoms with Crippen molar-refractivity contribution in [2.75, 3.05) is 11.9 Å². The third kappa shape index (κ3) is 2.90. The molecular formula is C14H15ClN2OS2. The molecule has 106 valence electrons. The lowest BCUT2D eigenvalue weighted by molar-refractivity contribution is -0.117. The van der Waals surface area contributed by atoms with Crippen molar-refractivity contribution in [2.24, 2.45) is 0 Å². The first-order valence-corrected chi connectivity index (χ1v) is 8.64. The summed E-state index contributed by atoms with van der Waals surface area (Å²) in [5.41, 5.74) is 1.19. The Morgan fingerprint density at radius 3 is 2.85 bits per heavy atom. The van der Waals surface area contributed by atoms with Crippen molar-refractivity contribution in [3.05, 3.63) is 31.9 Å². The van der Waals surface area contributed by atoms with Gasteiger partial charge in [-0.1, -0.05) is 11.6 Å². The number of thiophene rings is 1. The Balaban J connectivity index is 1.73. The van der Waals surface area contributed by atoms with E-state index in [2.05, 4.69) is 4.98 Å². The molecule has 2 heterocycles. The highest BCUT2D eigenvalue weighted by Gasteiger charge is 2.20. The number of amides is 1. The quantitative estimate of drug-likeness (QED) is 0.856. The monoisotopic (exact) mass is 326 g/mol. The standard InChI is InChI=1S/C14H15ClN2OS2/c1-17(13(18)8-9-6-7-12(15)19-9)14-16-10-4-2-3-5-11(10)20-14/h6-7H,2-5,8H2,1H3. The highest BCUT2D eigenvalue weighted by atomic mass is 35.5. The predicted octanol–water partition coefficient (Wildman–Crippen LogP) is 3.94. The average molecular weight is 327 g/mol. The Bertz CT molecular complexity index is 611. The lowest BCUT2D eigenvalue weighted by Gasteiger charge is -2.12. The predicted molar refractivity (Wildman–Crippen MR) is 85.2 cm³/mol. The largest absolute Gasteiger partial charge is 0.291 e. The van der Waals surface area contributed by atoms with Crippen molar-refractivity contribution in [1.82, 2.24) is 4.98 Å². The molecule has 0 unspecified atom stereocenters. The molecule has 0 N–H and O–H groups in total. The van der Waals surface area contributed by atoms with Crippen molar-refractivity contribution < 1.29 is 4.79 Å². The van der Waals surface area contributed by atoms with Crippen molar-refractivity contribution in [3.8, 4) is 0 Å². The van der Waals surface area contributed by atoms with Crippen LogP contribution in [0.5, 0.6) is 0 Å². The number of nitrogens with zero attached hydrogens (tertiary/aromatic N) is 2. The fourth-order valence-electron chi connectivity index (χ4n) is 2.30. The maximum atomic E-state index is 12.3. The Morgan fingerprint density at radius 1 is 1.35 bits per heavy atom. The molecule has 0 saturated heterocycles. The van der Waals surface area contributed by atoms with Gasteiger partial charge in [0.2, 0.25) is 5.91 Å². The fourth-order valence-corrected chi connectivity index (χ4v) is 4.51. The molecule has 1 aliphatic rings. The maximum Gasteiger partial charge on any atom is 0.233 e. The van der Waals surface area contributed by atoms with Gasteiger partial charge in [-0.25, -0.2) is 4.98 Å². The highest BCUT2D eigenvalue weighted by Crippen LogP contribution is 2.31. The van der Waals surface area contributed by atoms with Gasteiger partial charge in [0.05, 0.1) is 16.5 Å². The maximum absolute atomic E-state index is 12.3. The number of anilines is 1. The minimum Gasteiger partial charge on any atom is -0.291 e. The van der Waals surface area contributed by atoms with Crippen LogP contribution in [0.3, 0.4) is 0 Å². The summed E-state index contributed by atoms with van der Waals surface area (Å²) in [5, 5.41) is 0.824. The van der Waals surface area contributed by atoms with Crippen LogP contribution in [-0.4, -0.2) is 17.9 Å². The van der Waals surface area contributed by atoms with Crippen molar-refractivity contribution >= 4 is 45.3 Å². The number of rotatable bonds is 3. The summed E-state index contributed by atoms with van der Waals surface area (Å²) in [5.74, 6) is 0.0645. The summed E-state index contributed by atoms with van der Waals surface area (Å²) in [7, 11) is 1.81. The zero-order chi connectivity index (χ0) is 14.1. The minimum atomic E-state index is 0.0645. The number of halogens is 1. The van der Waals surface area contributed by atoms with Crippen LogP contribution in [0.2, 0.25) is 4.34 Å². The average Bonchev–Trinajstić information content (AvgIpc) is 3.03. The van der Waals surface area contributed by atoms with E-state index in [-0.39, 0.29) is 5.91 Å². The Hall–Kier alpha value is -0.910. The molecule has 0 bridgehead atoms. The van der Waals surface area contributed by atoms with Crippen molar-refractivity contribution in [2.45, 2.75) is 32.1 Å². The molecule has 0 atom stereocenters. The van der Waals surface area contributed by atoms with Gasteiger partial charge >= 0.3 is 0 Å². The van der Waals surface area contributed by atoms with Crippen LogP contribution in [0.25, 0.3) is 0 Å². The number of carbonyl (C=O) groups excluding carboxylic acids is 1. The second-order valence-corrected chi connectivity index (χ2v) is 7.77. The second kappa shape index (κ2) is 5.84. The SMILES string of the molecule is CN(C(=O)Cc1ccc(Cl)s1)c1nc2c(s1)CCCC2. The van der Waals surface area contributed by atoms with Crippen LogP contribution in [0.4, 0.5) is 5.13 Å². The van der Waals surface area contributed by atoms with Gasteiger partial charge in [0, 0.05) is 16.8 Å². The molecule has 3 nitrogen and oxygen atoms in total. The molecule has 0 fully saturated rings. The number of hydrogen-bond donors (Lipinski definition) is 0. The normalized spacial score (nSPS) is 14.1. The number of fused-ring (bicyclic) bond motifs is 1. The van der Waals surface area contributed by atoms with Crippen molar-refractivity contribution in [1.29, 1.82) is 0 Å². The summed E-state index contributed by atoms with van der Waals surface area (Å²) in [4.78, 5) is 20.9. The van der Waals surface area contributed by atoms with Gasteiger partial charge < -0.3 is 0 Å². The van der Waals surface area contributed by atoms with E-state index in [1.165, 1.54) is 34.7 Å². The summed E-state index contributed by atoms with van der Waals surface area (Å²) < 4.78 is 0.722. The van der Waals surface area contributed by atoms with Gasteiger partial charge in [-0.05, 0) is 37.8 Å².